The summed E-state index contributed by atoms with van der Waals surface area (Å²) in [7, 11) is 1.99. The van der Waals surface area contributed by atoms with Crippen molar-refractivity contribution >= 4 is 27.1 Å². The van der Waals surface area contributed by atoms with E-state index in [-0.39, 0.29) is 0 Å². The Morgan fingerprint density at radius 1 is 1.54 bits per heavy atom. The van der Waals surface area contributed by atoms with Crippen molar-refractivity contribution < 1.29 is 0 Å². The van der Waals surface area contributed by atoms with Crippen molar-refractivity contribution in [3.63, 3.8) is 0 Å². The Balaban J connectivity index is 2.83. The maximum Gasteiger partial charge on any atom is 0.160 e. The molecule has 0 aliphatic rings. The molecule has 0 aromatic carbocycles. The van der Waals surface area contributed by atoms with Gasteiger partial charge in [-0.05, 0) is 22.0 Å². The van der Waals surface area contributed by atoms with Gasteiger partial charge < -0.3 is 4.57 Å². The smallest absolute Gasteiger partial charge is 0.160 e. The number of imidazole rings is 1. The molecule has 2 aromatic rings. The van der Waals surface area contributed by atoms with Gasteiger partial charge in [0.2, 0.25) is 0 Å². The first-order valence-electron chi connectivity index (χ1n) is 4.20. The second-order valence-electron chi connectivity index (χ2n) is 2.91. The lowest BCUT2D eigenvalue weighted by molar-refractivity contribution is 0.821. The summed E-state index contributed by atoms with van der Waals surface area (Å²) in [5.74, 6) is 1.06. The summed E-state index contributed by atoms with van der Waals surface area (Å²) >= 11 is 3.46. The third-order valence-corrected chi connectivity index (χ3v) is 2.76. The van der Waals surface area contributed by atoms with Crippen LogP contribution in [0.25, 0.3) is 11.2 Å². The fourth-order valence-corrected chi connectivity index (χ4v) is 1.80. The summed E-state index contributed by atoms with van der Waals surface area (Å²) in [5, 5.41) is 0. The first-order valence-corrected chi connectivity index (χ1v) is 4.99. The number of hydrogen-bond acceptors (Lipinski definition) is 2. The third kappa shape index (κ3) is 1.25. The second kappa shape index (κ2) is 3.10. The number of fused-ring (bicyclic) bond motifs is 1. The number of hydrogen-bond donors (Lipinski definition) is 0. The van der Waals surface area contributed by atoms with Crippen LogP contribution in [0.5, 0.6) is 0 Å². The van der Waals surface area contributed by atoms with E-state index in [1.165, 1.54) is 0 Å². The summed E-state index contributed by atoms with van der Waals surface area (Å²) in [4.78, 5) is 8.76. The van der Waals surface area contributed by atoms with Crippen molar-refractivity contribution in [2.45, 2.75) is 13.3 Å². The molecule has 2 rings (SSSR count). The van der Waals surface area contributed by atoms with Gasteiger partial charge in [0.05, 0.1) is 0 Å². The Bertz CT molecular complexity index is 447. The quantitative estimate of drug-likeness (QED) is 0.765. The van der Waals surface area contributed by atoms with E-state index in [2.05, 4.69) is 32.8 Å². The summed E-state index contributed by atoms with van der Waals surface area (Å²) in [5.41, 5.74) is 1.88. The van der Waals surface area contributed by atoms with Gasteiger partial charge in [0, 0.05) is 24.1 Å². The Hall–Kier alpha value is -0.900. The molecule has 0 N–H and O–H groups in total. The molecule has 2 heterocycles. The van der Waals surface area contributed by atoms with Gasteiger partial charge >= 0.3 is 0 Å². The van der Waals surface area contributed by atoms with Crippen LogP contribution in [0.1, 0.15) is 12.7 Å². The molecular formula is C9H10BrN3. The van der Waals surface area contributed by atoms with E-state index < -0.39 is 0 Å². The number of nitrogens with zero attached hydrogens (tertiary/aromatic N) is 3. The average Bonchev–Trinajstić information content (AvgIpc) is 2.45. The van der Waals surface area contributed by atoms with Crippen LogP contribution in [-0.2, 0) is 13.5 Å². The molecule has 0 saturated heterocycles. The first-order chi connectivity index (χ1) is 6.24. The fourth-order valence-electron chi connectivity index (χ4n) is 1.41. The third-order valence-electron chi connectivity index (χ3n) is 2.12. The summed E-state index contributed by atoms with van der Waals surface area (Å²) in [6, 6.07) is 1.91. The van der Waals surface area contributed by atoms with E-state index in [1.54, 1.807) is 6.20 Å². The van der Waals surface area contributed by atoms with Gasteiger partial charge in [-0.25, -0.2) is 9.97 Å². The molecule has 0 bridgehead atoms. The van der Waals surface area contributed by atoms with E-state index in [0.717, 1.165) is 27.9 Å². The topological polar surface area (TPSA) is 30.7 Å². The minimum Gasteiger partial charge on any atom is -0.316 e. The van der Waals surface area contributed by atoms with E-state index in [0.29, 0.717) is 0 Å². The van der Waals surface area contributed by atoms with Crippen molar-refractivity contribution in [1.29, 1.82) is 0 Å². The number of pyridine rings is 1. The Morgan fingerprint density at radius 3 is 2.92 bits per heavy atom. The van der Waals surface area contributed by atoms with Crippen LogP contribution < -0.4 is 0 Å². The van der Waals surface area contributed by atoms with E-state index in [9.17, 15) is 0 Å². The SMILES string of the molecule is CCc1nc2c(Br)ccnc2n1C. The van der Waals surface area contributed by atoms with Crippen LogP contribution in [0, 0.1) is 0 Å². The van der Waals surface area contributed by atoms with Crippen molar-refractivity contribution in [3.8, 4) is 0 Å². The second-order valence-corrected chi connectivity index (χ2v) is 3.76. The number of halogens is 1. The lowest BCUT2D eigenvalue weighted by Gasteiger charge is -1.96. The van der Waals surface area contributed by atoms with Gasteiger partial charge in [0.1, 0.15) is 11.3 Å². The molecule has 0 spiro atoms. The van der Waals surface area contributed by atoms with Gasteiger partial charge in [-0.3, -0.25) is 0 Å². The molecule has 0 saturated carbocycles. The van der Waals surface area contributed by atoms with Crippen LogP contribution in [0.3, 0.4) is 0 Å². The molecular weight excluding hydrogens is 230 g/mol. The lowest BCUT2D eigenvalue weighted by Crippen LogP contribution is -1.95. The Kier molecular flexibility index (Phi) is 2.07. The van der Waals surface area contributed by atoms with Crippen molar-refractivity contribution in [3.05, 3.63) is 22.6 Å². The van der Waals surface area contributed by atoms with Crippen molar-refractivity contribution in [1.82, 2.24) is 14.5 Å². The molecule has 0 aliphatic carbocycles. The molecule has 0 unspecified atom stereocenters. The van der Waals surface area contributed by atoms with Crippen LogP contribution in [-0.4, -0.2) is 14.5 Å². The molecule has 0 atom stereocenters. The summed E-state index contributed by atoms with van der Waals surface area (Å²) in [6.07, 6.45) is 2.72. The maximum absolute atomic E-state index is 4.48. The first kappa shape index (κ1) is 8.69. The Labute approximate surface area is 84.9 Å². The molecule has 4 heteroatoms. The minimum atomic E-state index is 0.930. The highest BCUT2D eigenvalue weighted by Gasteiger charge is 2.08. The van der Waals surface area contributed by atoms with Gasteiger partial charge in [-0.15, -0.1) is 0 Å². The standard InChI is InChI=1S/C9H10BrN3/c1-3-7-12-8-6(10)4-5-11-9(8)13(7)2/h4-5H,3H2,1-2H3. The normalized spacial score (nSPS) is 11.0. The molecule has 3 nitrogen and oxygen atoms in total. The van der Waals surface area contributed by atoms with E-state index in [1.807, 2.05) is 17.7 Å². The lowest BCUT2D eigenvalue weighted by atomic mass is 10.4. The van der Waals surface area contributed by atoms with Crippen LogP contribution >= 0.6 is 15.9 Å². The van der Waals surface area contributed by atoms with E-state index in [4.69, 9.17) is 0 Å². The molecule has 0 amide bonds. The number of aryl methyl sites for hydroxylation is 2. The van der Waals surface area contributed by atoms with Crippen LogP contribution in [0.2, 0.25) is 0 Å². The largest absolute Gasteiger partial charge is 0.316 e. The highest BCUT2D eigenvalue weighted by molar-refractivity contribution is 9.10. The van der Waals surface area contributed by atoms with Crippen molar-refractivity contribution in [2.75, 3.05) is 0 Å². The summed E-state index contributed by atoms with van der Waals surface area (Å²) < 4.78 is 3.04. The van der Waals surface area contributed by atoms with Gasteiger partial charge in [0.15, 0.2) is 5.65 Å². The zero-order valence-electron chi connectivity index (χ0n) is 7.58. The minimum absolute atomic E-state index is 0.930. The van der Waals surface area contributed by atoms with Crippen LogP contribution in [0.4, 0.5) is 0 Å². The molecule has 0 radical (unpaired) electrons. The van der Waals surface area contributed by atoms with Gasteiger partial charge in [0.25, 0.3) is 0 Å². The molecule has 68 valence electrons. The number of rotatable bonds is 1. The number of aromatic nitrogens is 3. The van der Waals surface area contributed by atoms with E-state index >= 15 is 0 Å². The maximum atomic E-state index is 4.48. The average molecular weight is 240 g/mol. The zero-order valence-corrected chi connectivity index (χ0v) is 9.17. The zero-order chi connectivity index (χ0) is 9.42. The highest BCUT2D eigenvalue weighted by Crippen LogP contribution is 2.21. The molecule has 0 fully saturated rings. The van der Waals surface area contributed by atoms with Gasteiger partial charge in [-0.1, -0.05) is 6.92 Å². The monoisotopic (exact) mass is 239 g/mol. The van der Waals surface area contributed by atoms with Crippen molar-refractivity contribution in [2.24, 2.45) is 7.05 Å². The Morgan fingerprint density at radius 2 is 2.31 bits per heavy atom. The molecule has 2 aromatic heterocycles. The highest BCUT2D eigenvalue weighted by atomic mass is 79.9. The summed E-state index contributed by atoms with van der Waals surface area (Å²) in [6.45, 7) is 2.09. The molecule has 13 heavy (non-hydrogen) atoms. The van der Waals surface area contributed by atoms with Gasteiger partial charge in [-0.2, -0.15) is 0 Å². The predicted molar refractivity (Wildman–Crippen MR) is 55.6 cm³/mol. The van der Waals surface area contributed by atoms with Crippen LogP contribution in [0.15, 0.2) is 16.7 Å². The molecule has 0 aliphatic heterocycles. The predicted octanol–water partition coefficient (Wildman–Crippen LogP) is 2.29. The fraction of sp³-hybridized carbons (Fsp3) is 0.333.